The number of pyridine rings is 1. The van der Waals surface area contributed by atoms with Crippen molar-refractivity contribution in [3.05, 3.63) is 36.3 Å². The molecule has 40 heavy (non-hydrogen) atoms. The number of nitriles is 1. The molecule has 4 heterocycles. The molecule has 2 fully saturated rings. The summed E-state index contributed by atoms with van der Waals surface area (Å²) in [6.07, 6.45) is 8.17. The van der Waals surface area contributed by atoms with Gasteiger partial charge >= 0.3 is 0 Å². The third-order valence-electron chi connectivity index (χ3n) is 7.30. The van der Waals surface area contributed by atoms with Crippen LogP contribution in [0.4, 0.5) is 0 Å². The lowest BCUT2D eigenvalue weighted by Gasteiger charge is -2.32. The van der Waals surface area contributed by atoms with Gasteiger partial charge in [-0.15, -0.1) is 0 Å². The lowest BCUT2D eigenvalue weighted by Crippen LogP contribution is -2.44. The second kappa shape index (κ2) is 11.9. The zero-order valence-electron chi connectivity index (χ0n) is 22.8. The maximum atomic E-state index is 12.5. The van der Waals surface area contributed by atoms with Crippen molar-refractivity contribution < 1.29 is 23.8 Å². The average Bonchev–Trinajstić information content (AvgIpc) is 3.43. The maximum absolute atomic E-state index is 12.5. The molecule has 0 aliphatic carbocycles. The molecule has 1 unspecified atom stereocenters. The van der Waals surface area contributed by atoms with E-state index in [9.17, 15) is 9.59 Å². The summed E-state index contributed by atoms with van der Waals surface area (Å²) in [5.41, 5.74) is 7.68. The third kappa shape index (κ3) is 5.87. The third-order valence-corrected chi connectivity index (χ3v) is 7.30. The maximum Gasteiger partial charge on any atom is 0.252 e. The van der Waals surface area contributed by atoms with Crippen molar-refractivity contribution in [3.8, 4) is 28.8 Å². The monoisotopic (exact) mass is 546 g/mol. The number of ether oxygens (including phenoxy) is 3. The molecule has 1 aromatic carbocycles. The fourth-order valence-electron chi connectivity index (χ4n) is 5.33. The summed E-state index contributed by atoms with van der Waals surface area (Å²) in [4.78, 5) is 31.2. The summed E-state index contributed by atoms with van der Waals surface area (Å²) in [7, 11) is 0. The van der Waals surface area contributed by atoms with Crippen LogP contribution in [0, 0.1) is 11.3 Å². The van der Waals surface area contributed by atoms with E-state index < -0.39 is 5.91 Å². The van der Waals surface area contributed by atoms with Gasteiger partial charge in [0, 0.05) is 48.7 Å². The van der Waals surface area contributed by atoms with Gasteiger partial charge in [0.1, 0.15) is 18.3 Å². The summed E-state index contributed by atoms with van der Waals surface area (Å²) in [6.45, 7) is 6.13. The van der Waals surface area contributed by atoms with Gasteiger partial charge < -0.3 is 24.8 Å². The number of piperidine rings is 1. The molecule has 210 valence electrons. The predicted molar refractivity (Wildman–Crippen MR) is 147 cm³/mol. The van der Waals surface area contributed by atoms with Gasteiger partial charge in [0.2, 0.25) is 11.8 Å². The number of nitrogens with two attached hydrogens (primary N) is 1. The number of hydrogen-bond acceptors (Lipinski definition) is 8. The molecule has 1 atom stereocenters. The van der Waals surface area contributed by atoms with Crippen LogP contribution in [0.1, 0.15) is 62.4 Å². The number of nitrogens with zero attached hydrogens (tertiary/aromatic N) is 5. The number of hydrogen-bond donors (Lipinski definition) is 1. The fourth-order valence-corrected chi connectivity index (χ4v) is 5.33. The summed E-state index contributed by atoms with van der Waals surface area (Å²) in [5, 5.41) is 15.0. The van der Waals surface area contributed by atoms with Crippen molar-refractivity contribution in [2.75, 3.05) is 26.3 Å². The van der Waals surface area contributed by atoms with Gasteiger partial charge in [-0.2, -0.15) is 10.4 Å². The lowest BCUT2D eigenvalue weighted by atomic mass is 9.99. The molecular formula is C29H34N6O5. The number of amides is 2. The molecule has 0 saturated carbocycles. The summed E-state index contributed by atoms with van der Waals surface area (Å²) in [6, 6.07) is 5.67. The number of benzene rings is 1. The van der Waals surface area contributed by atoms with Crippen molar-refractivity contribution in [1.29, 1.82) is 5.26 Å². The zero-order valence-corrected chi connectivity index (χ0v) is 22.8. The smallest absolute Gasteiger partial charge is 0.252 e. The molecule has 0 bridgehead atoms. The number of carbonyl (C=O) groups excluding carboxylic acids is 2. The van der Waals surface area contributed by atoms with Crippen LogP contribution in [-0.4, -0.2) is 70.0 Å². The van der Waals surface area contributed by atoms with E-state index in [-0.39, 0.29) is 36.1 Å². The Morgan fingerprint density at radius 1 is 1.20 bits per heavy atom. The van der Waals surface area contributed by atoms with Gasteiger partial charge in [-0.3, -0.25) is 14.3 Å². The summed E-state index contributed by atoms with van der Waals surface area (Å²) in [5.74, 6) is -0.0743. The second-order valence-electron chi connectivity index (χ2n) is 10.5. The summed E-state index contributed by atoms with van der Waals surface area (Å²) < 4.78 is 19.8. The van der Waals surface area contributed by atoms with Gasteiger partial charge in [-0.05, 0) is 57.0 Å². The van der Waals surface area contributed by atoms with E-state index in [0.717, 1.165) is 42.2 Å². The van der Waals surface area contributed by atoms with E-state index in [0.29, 0.717) is 43.3 Å². The van der Waals surface area contributed by atoms with Gasteiger partial charge in [-0.1, -0.05) is 0 Å². The number of fused-ring (bicyclic) bond motifs is 1. The van der Waals surface area contributed by atoms with Crippen LogP contribution in [0.15, 0.2) is 30.7 Å². The van der Waals surface area contributed by atoms with Crippen LogP contribution in [0.2, 0.25) is 0 Å². The van der Waals surface area contributed by atoms with E-state index in [1.165, 1.54) is 0 Å². The minimum absolute atomic E-state index is 0.157. The molecule has 11 heteroatoms. The Balaban J connectivity index is 1.55. The fraction of sp³-hybridized carbons (Fsp3) is 0.483. The minimum atomic E-state index is -0.598. The van der Waals surface area contributed by atoms with Gasteiger partial charge in [0.25, 0.3) is 5.91 Å². The molecule has 2 amide bonds. The first-order valence-electron chi connectivity index (χ1n) is 13.7. The number of primary amides is 1. The first kappa shape index (κ1) is 27.4. The van der Waals surface area contributed by atoms with E-state index in [4.69, 9.17) is 30.2 Å². The molecule has 2 aliphatic heterocycles. The highest BCUT2D eigenvalue weighted by Gasteiger charge is 2.27. The minimum Gasteiger partial charge on any atom is -0.490 e. The first-order chi connectivity index (χ1) is 19.3. The highest BCUT2D eigenvalue weighted by Crippen LogP contribution is 2.38. The number of carbonyl (C=O) groups is 2. The standard InChI is InChI=1S/C29H34N6O5/c1-18(2)39-26-13-23-22(12-24(26)28(31)37)25(19-14-33-35(16-19)20-6-10-38-11-7-20)15-32-29(23)40-21-4-3-9-34(17-21)27(36)5-8-30/h12-16,18,20-21H,3-7,9-11,17H2,1-2H3,(H2,31,37). The van der Waals surface area contributed by atoms with Gasteiger partial charge in [-0.25, -0.2) is 4.98 Å². The predicted octanol–water partition coefficient (Wildman–Crippen LogP) is 3.62. The molecule has 5 rings (SSSR count). The number of aromatic nitrogens is 3. The van der Waals surface area contributed by atoms with Gasteiger partial charge in [0.05, 0.1) is 36.5 Å². The molecule has 2 aromatic heterocycles. The SMILES string of the molecule is CC(C)Oc1cc2c(OC3CCCN(C(=O)CC#N)C3)ncc(-c3cnn(C4CCOCC4)c3)c2cc1C(N)=O. The lowest BCUT2D eigenvalue weighted by molar-refractivity contribution is -0.132. The van der Waals surface area contributed by atoms with Crippen molar-refractivity contribution in [2.45, 2.75) is 64.2 Å². The Morgan fingerprint density at radius 3 is 2.73 bits per heavy atom. The Hall–Kier alpha value is -4.17. The van der Waals surface area contributed by atoms with Crippen LogP contribution < -0.4 is 15.2 Å². The Kier molecular flexibility index (Phi) is 8.16. The van der Waals surface area contributed by atoms with Crippen LogP contribution in [0.5, 0.6) is 11.6 Å². The number of likely N-dealkylation sites (tertiary alicyclic amines) is 1. The summed E-state index contributed by atoms with van der Waals surface area (Å²) >= 11 is 0. The Morgan fingerprint density at radius 2 is 2.00 bits per heavy atom. The van der Waals surface area contributed by atoms with Crippen LogP contribution in [-0.2, 0) is 9.53 Å². The van der Waals surface area contributed by atoms with Crippen LogP contribution in [0.25, 0.3) is 21.9 Å². The van der Waals surface area contributed by atoms with Gasteiger partial charge in [0.15, 0.2) is 0 Å². The molecule has 0 spiro atoms. The van der Waals surface area contributed by atoms with Crippen LogP contribution in [0.3, 0.4) is 0 Å². The molecule has 2 N–H and O–H groups in total. The highest BCUT2D eigenvalue weighted by molar-refractivity contribution is 6.06. The largest absolute Gasteiger partial charge is 0.490 e. The topological polar surface area (TPSA) is 146 Å². The van der Waals surface area contributed by atoms with Crippen molar-refractivity contribution in [3.63, 3.8) is 0 Å². The van der Waals surface area contributed by atoms with Crippen molar-refractivity contribution in [2.24, 2.45) is 5.73 Å². The van der Waals surface area contributed by atoms with Crippen molar-refractivity contribution >= 4 is 22.6 Å². The Labute approximate surface area is 232 Å². The van der Waals surface area contributed by atoms with E-state index in [2.05, 4.69) is 5.10 Å². The van der Waals surface area contributed by atoms with Crippen LogP contribution >= 0.6 is 0 Å². The molecule has 2 aliphatic rings. The molecular weight excluding hydrogens is 512 g/mol. The molecule has 3 aromatic rings. The normalized spacial score (nSPS) is 18.1. The highest BCUT2D eigenvalue weighted by atomic mass is 16.5. The van der Waals surface area contributed by atoms with E-state index in [1.807, 2.05) is 30.8 Å². The number of rotatable bonds is 8. The molecule has 2 saturated heterocycles. The van der Waals surface area contributed by atoms with Crippen molar-refractivity contribution in [1.82, 2.24) is 19.7 Å². The average molecular weight is 547 g/mol. The quantitative estimate of drug-likeness (QED) is 0.451. The second-order valence-corrected chi connectivity index (χ2v) is 10.5. The van der Waals surface area contributed by atoms with E-state index >= 15 is 0 Å². The Bertz CT molecular complexity index is 1440. The molecule has 0 radical (unpaired) electrons. The van der Waals surface area contributed by atoms with E-state index in [1.54, 1.807) is 29.4 Å². The first-order valence-corrected chi connectivity index (χ1v) is 13.7. The zero-order chi connectivity index (χ0) is 28.2. The molecule has 11 nitrogen and oxygen atoms in total.